The van der Waals surface area contributed by atoms with Gasteiger partial charge < -0.3 is 5.73 Å². The van der Waals surface area contributed by atoms with Crippen LogP contribution in [0.3, 0.4) is 0 Å². The molecule has 0 fully saturated rings. The summed E-state index contributed by atoms with van der Waals surface area (Å²) >= 11 is 0. The summed E-state index contributed by atoms with van der Waals surface area (Å²) in [5, 5.41) is 21.8. The molecule has 2 N–H and O–H groups in total. The van der Waals surface area contributed by atoms with Crippen LogP contribution in [-0.2, 0) is 0 Å². The van der Waals surface area contributed by atoms with Gasteiger partial charge in [0.2, 0.25) is 0 Å². The standard InChI is InChI=1S/C15H12N6/c1-10-7-8-13(19-18-10)21-15(17)12(9-16)14(20-21)11-5-3-2-4-6-11/h2-8H,17H2,1H3. The van der Waals surface area contributed by atoms with Gasteiger partial charge in [-0.15, -0.1) is 5.10 Å². The second-order valence-corrected chi connectivity index (χ2v) is 4.53. The molecular formula is C15H12N6. The summed E-state index contributed by atoms with van der Waals surface area (Å²) in [6, 6.07) is 15.1. The van der Waals surface area contributed by atoms with Crippen LogP contribution in [0.5, 0.6) is 0 Å². The van der Waals surface area contributed by atoms with Gasteiger partial charge in [0.05, 0.1) is 5.69 Å². The first-order valence-corrected chi connectivity index (χ1v) is 6.35. The highest BCUT2D eigenvalue weighted by Gasteiger charge is 2.18. The fourth-order valence-corrected chi connectivity index (χ4v) is 2.02. The van der Waals surface area contributed by atoms with Gasteiger partial charge in [-0.25, -0.2) is 0 Å². The van der Waals surface area contributed by atoms with Gasteiger partial charge in [-0.1, -0.05) is 30.3 Å². The third-order valence-electron chi connectivity index (χ3n) is 3.08. The number of nitrogen functional groups attached to an aromatic ring is 1. The highest BCUT2D eigenvalue weighted by molar-refractivity contribution is 5.73. The molecule has 6 heteroatoms. The molecule has 102 valence electrons. The smallest absolute Gasteiger partial charge is 0.178 e. The molecule has 0 saturated heterocycles. The van der Waals surface area contributed by atoms with E-state index in [0.29, 0.717) is 17.1 Å². The van der Waals surface area contributed by atoms with Crippen molar-refractivity contribution in [2.24, 2.45) is 0 Å². The molecule has 0 aliphatic rings. The van der Waals surface area contributed by atoms with E-state index in [-0.39, 0.29) is 5.82 Å². The monoisotopic (exact) mass is 276 g/mol. The number of nitrogens with two attached hydrogens (primary N) is 1. The van der Waals surface area contributed by atoms with Crippen molar-refractivity contribution in [1.29, 1.82) is 5.26 Å². The van der Waals surface area contributed by atoms with Gasteiger partial charge in [0.25, 0.3) is 0 Å². The van der Waals surface area contributed by atoms with E-state index < -0.39 is 0 Å². The van der Waals surface area contributed by atoms with Gasteiger partial charge in [0.1, 0.15) is 23.1 Å². The second-order valence-electron chi connectivity index (χ2n) is 4.53. The van der Waals surface area contributed by atoms with E-state index in [1.165, 1.54) is 4.68 Å². The van der Waals surface area contributed by atoms with Gasteiger partial charge in [0, 0.05) is 5.56 Å². The molecule has 0 aliphatic heterocycles. The lowest BCUT2D eigenvalue weighted by molar-refractivity contribution is 0.816. The molecule has 0 bridgehead atoms. The average Bonchev–Trinajstić information content (AvgIpc) is 2.86. The zero-order valence-corrected chi connectivity index (χ0v) is 11.4. The van der Waals surface area contributed by atoms with E-state index in [1.807, 2.05) is 43.3 Å². The number of aryl methyl sites for hydroxylation is 1. The first-order chi connectivity index (χ1) is 10.2. The van der Waals surface area contributed by atoms with Crippen LogP contribution in [0.4, 0.5) is 5.82 Å². The second kappa shape index (κ2) is 5.06. The summed E-state index contributed by atoms with van der Waals surface area (Å²) in [4.78, 5) is 0. The molecule has 0 saturated carbocycles. The molecule has 0 unspecified atom stereocenters. The largest absolute Gasteiger partial charge is 0.382 e. The third-order valence-corrected chi connectivity index (χ3v) is 3.08. The highest BCUT2D eigenvalue weighted by atomic mass is 15.4. The molecule has 1 aromatic carbocycles. The number of aromatic nitrogens is 4. The minimum Gasteiger partial charge on any atom is -0.382 e. The maximum atomic E-state index is 9.35. The molecule has 6 nitrogen and oxygen atoms in total. The molecule has 0 radical (unpaired) electrons. The highest BCUT2D eigenvalue weighted by Crippen LogP contribution is 2.27. The first-order valence-electron chi connectivity index (χ1n) is 6.35. The van der Waals surface area contributed by atoms with Crippen molar-refractivity contribution in [2.45, 2.75) is 6.92 Å². The summed E-state index contributed by atoms with van der Waals surface area (Å²) in [6.45, 7) is 1.85. The molecule has 21 heavy (non-hydrogen) atoms. The third kappa shape index (κ3) is 2.21. The van der Waals surface area contributed by atoms with E-state index in [0.717, 1.165) is 11.3 Å². The fraction of sp³-hybridized carbons (Fsp3) is 0.0667. The van der Waals surface area contributed by atoms with Crippen LogP contribution in [0.2, 0.25) is 0 Å². The van der Waals surface area contributed by atoms with Gasteiger partial charge in [-0.3, -0.25) is 0 Å². The number of anilines is 1. The van der Waals surface area contributed by atoms with E-state index in [9.17, 15) is 5.26 Å². The van der Waals surface area contributed by atoms with Crippen molar-refractivity contribution in [1.82, 2.24) is 20.0 Å². The van der Waals surface area contributed by atoms with Crippen LogP contribution in [-0.4, -0.2) is 20.0 Å². The molecule has 3 aromatic rings. The summed E-state index contributed by atoms with van der Waals surface area (Å²) in [5.74, 6) is 0.742. The zero-order valence-electron chi connectivity index (χ0n) is 11.4. The van der Waals surface area contributed by atoms with E-state index in [2.05, 4.69) is 21.4 Å². The number of hydrogen-bond donors (Lipinski definition) is 1. The van der Waals surface area contributed by atoms with E-state index in [4.69, 9.17) is 5.73 Å². The number of rotatable bonds is 2. The molecule has 0 atom stereocenters. The van der Waals surface area contributed by atoms with Gasteiger partial charge in [-0.2, -0.15) is 20.1 Å². The summed E-state index contributed by atoms with van der Waals surface area (Å²) in [7, 11) is 0. The average molecular weight is 276 g/mol. The van der Waals surface area contributed by atoms with Crippen LogP contribution in [0.1, 0.15) is 11.3 Å². The Hall–Kier alpha value is -3.20. The van der Waals surface area contributed by atoms with Crippen LogP contribution in [0.25, 0.3) is 17.1 Å². The van der Waals surface area contributed by atoms with E-state index in [1.54, 1.807) is 6.07 Å². The van der Waals surface area contributed by atoms with Crippen molar-refractivity contribution in [3.8, 4) is 23.1 Å². The first kappa shape index (κ1) is 12.8. The lowest BCUT2D eigenvalue weighted by Crippen LogP contribution is -2.05. The Morgan fingerprint density at radius 3 is 2.48 bits per heavy atom. The van der Waals surface area contributed by atoms with Gasteiger partial charge >= 0.3 is 0 Å². The molecular weight excluding hydrogens is 264 g/mol. The maximum Gasteiger partial charge on any atom is 0.178 e. The van der Waals surface area contributed by atoms with Crippen molar-refractivity contribution >= 4 is 5.82 Å². The topological polar surface area (TPSA) is 93.4 Å². The number of hydrogen-bond acceptors (Lipinski definition) is 5. The molecule has 0 amide bonds. The Kier molecular flexibility index (Phi) is 3.09. The quantitative estimate of drug-likeness (QED) is 0.773. The van der Waals surface area contributed by atoms with Gasteiger partial charge in [0.15, 0.2) is 5.82 Å². The van der Waals surface area contributed by atoms with Crippen molar-refractivity contribution in [2.75, 3.05) is 5.73 Å². The molecule has 0 spiro atoms. The predicted molar refractivity (Wildman–Crippen MR) is 78.5 cm³/mol. The van der Waals surface area contributed by atoms with Crippen LogP contribution in [0.15, 0.2) is 42.5 Å². The normalized spacial score (nSPS) is 10.3. The molecule has 2 aromatic heterocycles. The minimum atomic E-state index is 0.259. The fourth-order valence-electron chi connectivity index (χ4n) is 2.02. The lowest BCUT2D eigenvalue weighted by Gasteiger charge is -2.01. The van der Waals surface area contributed by atoms with E-state index >= 15 is 0 Å². The zero-order chi connectivity index (χ0) is 14.8. The van der Waals surface area contributed by atoms with Crippen molar-refractivity contribution in [3.05, 3.63) is 53.7 Å². The molecule has 0 aliphatic carbocycles. The number of nitrogens with zero attached hydrogens (tertiary/aromatic N) is 5. The predicted octanol–water partition coefficient (Wildman–Crippen LogP) is 2.09. The Bertz CT molecular complexity index is 812. The summed E-state index contributed by atoms with van der Waals surface area (Å²) in [6.07, 6.45) is 0. The van der Waals surface area contributed by atoms with Crippen molar-refractivity contribution < 1.29 is 0 Å². The Balaban J connectivity index is 2.19. The van der Waals surface area contributed by atoms with Crippen LogP contribution < -0.4 is 5.73 Å². The van der Waals surface area contributed by atoms with Gasteiger partial charge in [-0.05, 0) is 19.1 Å². The Morgan fingerprint density at radius 1 is 1.10 bits per heavy atom. The number of nitriles is 1. The minimum absolute atomic E-state index is 0.259. The maximum absolute atomic E-state index is 9.35. The van der Waals surface area contributed by atoms with Crippen LogP contribution >= 0.6 is 0 Å². The van der Waals surface area contributed by atoms with Crippen LogP contribution in [0, 0.1) is 18.3 Å². The summed E-state index contributed by atoms with van der Waals surface area (Å²) in [5.41, 5.74) is 8.54. The molecule has 2 heterocycles. The summed E-state index contributed by atoms with van der Waals surface area (Å²) < 4.78 is 1.44. The van der Waals surface area contributed by atoms with Crippen molar-refractivity contribution in [3.63, 3.8) is 0 Å². The Labute approximate surface area is 121 Å². The number of benzene rings is 1. The lowest BCUT2D eigenvalue weighted by atomic mass is 10.1. The SMILES string of the molecule is Cc1ccc(-n2nc(-c3ccccc3)c(C#N)c2N)nn1. The molecule has 3 rings (SSSR count). The Morgan fingerprint density at radius 2 is 1.86 bits per heavy atom.